The Labute approximate surface area is 64.2 Å². The van der Waals surface area contributed by atoms with Crippen LogP contribution < -0.4 is 0 Å². The number of allylic oxidation sites excluding steroid dienone is 2. The van der Waals surface area contributed by atoms with Crippen molar-refractivity contribution in [2.24, 2.45) is 0 Å². The van der Waals surface area contributed by atoms with Crippen molar-refractivity contribution in [2.75, 3.05) is 0 Å². The molecule has 6 heteroatoms. The second-order valence-corrected chi connectivity index (χ2v) is 1.95. The molecule has 0 aliphatic carbocycles. The van der Waals surface area contributed by atoms with Crippen molar-refractivity contribution in [3.8, 4) is 0 Å². The lowest BCUT2D eigenvalue weighted by Gasteiger charge is -2.14. The summed E-state index contributed by atoms with van der Waals surface area (Å²) in [4.78, 5) is 0. The third kappa shape index (κ3) is 2.60. The van der Waals surface area contributed by atoms with Gasteiger partial charge in [0.15, 0.2) is 0 Å². The fourth-order valence-electron chi connectivity index (χ4n) is 0.342. The second kappa shape index (κ2) is 2.84. The highest BCUT2D eigenvalue weighted by Crippen LogP contribution is 2.37. The fraction of sp³-hybridized carbons (Fsp3) is 0.333. The molecule has 0 heterocycles. The largest absolute Gasteiger partial charge is 0.416 e. The number of hydrogen-bond acceptors (Lipinski definition) is 0. The van der Waals surface area contributed by atoms with E-state index in [-0.39, 0.29) is 0 Å². The van der Waals surface area contributed by atoms with Gasteiger partial charge in [-0.2, -0.15) is 26.3 Å². The Morgan fingerprint density at radius 3 is 0.917 bits per heavy atom. The Morgan fingerprint density at radius 2 is 0.833 bits per heavy atom. The predicted octanol–water partition coefficient (Wildman–Crippen LogP) is 3.22. The van der Waals surface area contributed by atoms with E-state index >= 15 is 0 Å². The molecule has 0 bridgehead atoms. The standard InChI is InChI=1S/C6H4F6/c1-3(5(7,8)9)4(2)6(10,11)12/h1-2H2. The van der Waals surface area contributed by atoms with Crippen LogP contribution in [0.4, 0.5) is 26.3 Å². The molecule has 0 amide bonds. The Hall–Kier alpha value is -0.940. The minimum absolute atomic E-state index is 1.96. The molecule has 0 aliphatic heterocycles. The summed E-state index contributed by atoms with van der Waals surface area (Å²) < 4.78 is 69.4. The maximum atomic E-state index is 11.6. The van der Waals surface area contributed by atoms with E-state index in [2.05, 4.69) is 13.2 Å². The highest BCUT2D eigenvalue weighted by molar-refractivity contribution is 5.33. The van der Waals surface area contributed by atoms with Gasteiger partial charge in [-0.25, -0.2) is 0 Å². The molecule has 0 fully saturated rings. The van der Waals surface area contributed by atoms with Crippen LogP contribution in [0.25, 0.3) is 0 Å². The van der Waals surface area contributed by atoms with Crippen LogP contribution in [0, 0.1) is 0 Å². The Kier molecular flexibility index (Phi) is 2.61. The molecule has 0 rings (SSSR count). The van der Waals surface area contributed by atoms with Crippen molar-refractivity contribution in [2.45, 2.75) is 12.4 Å². The molecule has 0 nitrogen and oxygen atoms in total. The fourth-order valence-corrected chi connectivity index (χ4v) is 0.342. The van der Waals surface area contributed by atoms with Crippen LogP contribution in [0.1, 0.15) is 0 Å². The molecule has 0 aromatic rings. The lowest BCUT2D eigenvalue weighted by atomic mass is 10.1. The van der Waals surface area contributed by atoms with Gasteiger partial charge in [-0.05, 0) is 0 Å². The SMILES string of the molecule is C=C(C(=C)C(F)(F)F)C(F)(F)F. The average Bonchev–Trinajstić information content (AvgIpc) is 1.80. The van der Waals surface area contributed by atoms with Crippen molar-refractivity contribution in [1.82, 2.24) is 0 Å². The van der Waals surface area contributed by atoms with Crippen LogP contribution in [0.3, 0.4) is 0 Å². The van der Waals surface area contributed by atoms with Crippen molar-refractivity contribution in [1.29, 1.82) is 0 Å². The topological polar surface area (TPSA) is 0 Å². The Morgan fingerprint density at radius 1 is 0.667 bits per heavy atom. The maximum Gasteiger partial charge on any atom is 0.416 e. The highest BCUT2D eigenvalue weighted by Gasteiger charge is 2.43. The Balaban J connectivity index is 4.66. The lowest BCUT2D eigenvalue weighted by Crippen LogP contribution is -2.21. The quantitative estimate of drug-likeness (QED) is 0.439. The molecule has 0 saturated heterocycles. The van der Waals surface area contributed by atoms with Gasteiger partial charge in [0.25, 0.3) is 0 Å². The predicted molar refractivity (Wildman–Crippen MR) is 30.4 cm³/mol. The molecule has 0 spiro atoms. The van der Waals surface area contributed by atoms with E-state index in [0.717, 1.165) is 0 Å². The molecule has 0 aromatic heterocycles. The lowest BCUT2D eigenvalue weighted by molar-refractivity contribution is -0.117. The third-order valence-electron chi connectivity index (χ3n) is 1.05. The summed E-state index contributed by atoms with van der Waals surface area (Å²) in [6.45, 7) is 4.50. The van der Waals surface area contributed by atoms with Crippen molar-refractivity contribution >= 4 is 0 Å². The molecule has 0 saturated carbocycles. The summed E-state index contributed by atoms with van der Waals surface area (Å²) in [5, 5.41) is 0. The smallest absolute Gasteiger partial charge is 0.166 e. The summed E-state index contributed by atoms with van der Waals surface area (Å²) in [6.07, 6.45) is -10.2. The maximum absolute atomic E-state index is 11.6. The van der Waals surface area contributed by atoms with E-state index in [1.807, 2.05) is 0 Å². The van der Waals surface area contributed by atoms with E-state index in [1.165, 1.54) is 0 Å². The molecule has 0 aliphatic rings. The van der Waals surface area contributed by atoms with Crippen LogP contribution in [0.15, 0.2) is 24.3 Å². The molecule has 0 atom stereocenters. The van der Waals surface area contributed by atoms with Crippen LogP contribution in [-0.4, -0.2) is 12.4 Å². The Bertz CT molecular complexity index is 181. The highest BCUT2D eigenvalue weighted by atomic mass is 19.4. The monoisotopic (exact) mass is 190 g/mol. The average molecular weight is 190 g/mol. The summed E-state index contributed by atoms with van der Waals surface area (Å²) >= 11 is 0. The van der Waals surface area contributed by atoms with Gasteiger partial charge < -0.3 is 0 Å². The summed E-state index contributed by atoms with van der Waals surface area (Å²) in [6, 6.07) is 0. The summed E-state index contributed by atoms with van der Waals surface area (Å²) in [5.41, 5.74) is -3.93. The van der Waals surface area contributed by atoms with Gasteiger partial charge in [0.2, 0.25) is 0 Å². The van der Waals surface area contributed by atoms with Crippen LogP contribution >= 0.6 is 0 Å². The third-order valence-corrected chi connectivity index (χ3v) is 1.05. The molecular weight excluding hydrogens is 186 g/mol. The first kappa shape index (κ1) is 11.1. The van der Waals surface area contributed by atoms with Crippen molar-refractivity contribution in [3.05, 3.63) is 24.3 Å². The molecule has 12 heavy (non-hydrogen) atoms. The molecule has 70 valence electrons. The van der Waals surface area contributed by atoms with E-state index in [4.69, 9.17) is 0 Å². The number of rotatable bonds is 1. The van der Waals surface area contributed by atoms with Gasteiger partial charge in [0, 0.05) is 0 Å². The number of halogens is 6. The minimum Gasteiger partial charge on any atom is -0.166 e. The molecule has 0 N–H and O–H groups in total. The zero-order chi connectivity index (χ0) is 10.2. The van der Waals surface area contributed by atoms with E-state index in [0.29, 0.717) is 0 Å². The van der Waals surface area contributed by atoms with E-state index in [1.54, 1.807) is 0 Å². The summed E-state index contributed by atoms with van der Waals surface area (Å²) in [5.74, 6) is 0. The summed E-state index contributed by atoms with van der Waals surface area (Å²) in [7, 11) is 0. The van der Waals surface area contributed by atoms with Gasteiger partial charge in [-0.3, -0.25) is 0 Å². The first-order valence-electron chi connectivity index (χ1n) is 2.59. The van der Waals surface area contributed by atoms with Gasteiger partial charge in [-0.15, -0.1) is 0 Å². The van der Waals surface area contributed by atoms with E-state index in [9.17, 15) is 26.3 Å². The number of hydrogen-bond donors (Lipinski definition) is 0. The van der Waals surface area contributed by atoms with Crippen LogP contribution in [0.2, 0.25) is 0 Å². The van der Waals surface area contributed by atoms with Crippen LogP contribution in [-0.2, 0) is 0 Å². The van der Waals surface area contributed by atoms with Crippen LogP contribution in [0.5, 0.6) is 0 Å². The van der Waals surface area contributed by atoms with Crippen molar-refractivity contribution < 1.29 is 26.3 Å². The normalized spacial score (nSPS) is 12.8. The molecule has 0 unspecified atom stereocenters. The molecule has 0 aromatic carbocycles. The van der Waals surface area contributed by atoms with Crippen molar-refractivity contribution in [3.63, 3.8) is 0 Å². The zero-order valence-electron chi connectivity index (χ0n) is 5.68. The van der Waals surface area contributed by atoms with Gasteiger partial charge >= 0.3 is 12.4 Å². The van der Waals surface area contributed by atoms with Gasteiger partial charge in [-0.1, -0.05) is 13.2 Å². The van der Waals surface area contributed by atoms with Gasteiger partial charge in [0.1, 0.15) is 0 Å². The zero-order valence-corrected chi connectivity index (χ0v) is 5.68. The minimum atomic E-state index is -5.08. The number of alkyl halides is 6. The molecule has 0 radical (unpaired) electrons. The van der Waals surface area contributed by atoms with Gasteiger partial charge in [0.05, 0.1) is 11.1 Å². The first-order chi connectivity index (χ1) is 5.07. The second-order valence-electron chi connectivity index (χ2n) is 1.95. The molecular formula is C6H4F6. The van der Waals surface area contributed by atoms with E-state index < -0.39 is 23.5 Å². The first-order valence-corrected chi connectivity index (χ1v) is 2.59.